The second kappa shape index (κ2) is 7.87. The molecular weight excluding hydrogens is 330 g/mol. The zero-order valence-corrected chi connectivity index (χ0v) is 16.2. The van der Waals surface area contributed by atoms with Crippen LogP contribution in [0.3, 0.4) is 0 Å². The van der Waals surface area contributed by atoms with E-state index in [4.69, 9.17) is 9.47 Å². The lowest BCUT2D eigenvalue weighted by molar-refractivity contribution is -0.155. The minimum absolute atomic E-state index is 0.0492. The van der Waals surface area contributed by atoms with Gasteiger partial charge in [-0.3, -0.25) is 4.79 Å². The van der Waals surface area contributed by atoms with Gasteiger partial charge in [0.2, 0.25) is 5.91 Å². The molecule has 3 atom stereocenters. The Kier molecular flexibility index (Phi) is 5.76. The predicted octanol–water partition coefficient (Wildman–Crippen LogP) is 3.70. The van der Waals surface area contributed by atoms with Crippen molar-refractivity contribution < 1.29 is 19.4 Å². The molecule has 1 saturated carbocycles. The third-order valence-corrected chi connectivity index (χ3v) is 6.11. The van der Waals surface area contributed by atoms with Crippen LogP contribution < -0.4 is 9.47 Å². The lowest BCUT2D eigenvalue weighted by Crippen LogP contribution is -2.56. The first-order chi connectivity index (χ1) is 12.5. The van der Waals surface area contributed by atoms with Crippen LogP contribution in [0.1, 0.15) is 63.5 Å². The highest BCUT2D eigenvalue weighted by Crippen LogP contribution is 2.51. The van der Waals surface area contributed by atoms with E-state index in [0.29, 0.717) is 19.4 Å². The second-order valence-corrected chi connectivity index (χ2v) is 7.60. The van der Waals surface area contributed by atoms with Gasteiger partial charge in [0.25, 0.3) is 0 Å². The number of hydrogen-bond donors (Lipinski definition) is 1. The molecule has 5 nitrogen and oxygen atoms in total. The molecule has 3 rings (SSSR count). The van der Waals surface area contributed by atoms with Crippen LogP contribution in [0, 0.1) is 5.92 Å². The molecule has 0 aromatic heterocycles. The molecule has 1 aromatic carbocycles. The summed E-state index contributed by atoms with van der Waals surface area (Å²) >= 11 is 0. The standard InChI is InChI=1S/C21H31NO4/c1-4-7-19(23)22-13-12-21(24)11-6-5-8-17(21)20(22)16-10-9-15(25-2)14-18(16)26-3/h9-10,14,17,20,24H,4-8,11-13H2,1-3H3/t17-,20-,21-/m1/s1. The maximum Gasteiger partial charge on any atom is 0.223 e. The number of benzene rings is 1. The fourth-order valence-electron chi connectivity index (χ4n) is 4.77. The van der Waals surface area contributed by atoms with Crippen molar-refractivity contribution in [3.63, 3.8) is 0 Å². The largest absolute Gasteiger partial charge is 0.497 e. The molecule has 1 aliphatic carbocycles. The number of carbonyl (C=O) groups is 1. The molecule has 2 aliphatic rings. The third-order valence-electron chi connectivity index (χ3n) is 6.11. The number of hydrogen-bond acceptors (Lipinski definition) is 4. The van der Waals surface area contributed by atoms with Gasteiger partial charge >= 0.3 is 0 Å². The number of ether oxygens (including phenoxy) is 2. The van der Waals surface area contributed by atoms with Gasteiger partial charge in [0, 0.05) is 30.5 Å². The highest BCUT2D eigenvalue weighted by molar-refractivity contribution is 5.77. The van der Waals surface area contributed by atoms with Crippen LogP contribution in [0.25, 0.3) is 0 Å². The van der Waals surface area contributed by atoms with Crippen LogP contribution in [0.5, 0.6) is 11.5 Å². The van der Waals surface area contributed by atoms with E-state index in [0.717, 1.165) is 49.2 Å². The number of piperidine rings is 1. The maximum absolute atomic E-state index is 12.9. The van der Waals surface area contributed by atoms with Gasteiger partial charge in [0.1, 0.15) is 11.5 Å². The summed E-state index contributed by atoms with van der Waals surface area (Å²) in [5.41, 5.74) is 0.291. The smallest absolute Gasteiger partial charge is 0.223 e. The van der Waals surface area contributed by atoms with Crippen LogP contribution in [-0.4, -0.2) is 42.3 Å². The van der Waals surface area contributed by atoms with Crippen molar-refractivity contribution in [2.75, 3.05) is 20.8 Å². The Balaban J connectivity index is 2.05. The minimum Gasteiger partial charge on any atom is -0.497 e. The van der Waals surface area contributed by atoms with E-state index in [-0.39, 0.29) is 17.9 Å². The van der Waals surface area contributed by atoms with Gasteiger partial charge in [-0.2, -0.15) is 0 Å². The number of methoxy groups -OCH3 is 2. The van der Waals surface area contributed by atoms with Gasteiger partial charge in [-0.15, -0.1) is 0 Å². The zero-order chi connectivity index (χ0) is 18.7. The molecule has 1 heterocycles. The molecule has 0 spiro atoms. The molecule has 1 aromatic rings. The van der Waals surface area contributed by atoms with Gasteiger partial charge in [-0.25, -0.2) is 0 Å². The number of amides is 1. The van der Waals surface area contributed by atoms with E-state index in [1.54, 1.807) is 14.2 Å². The number of rotatable bonds is 5. The normalized spacial score (nSPS) is 28.4. The summed E-state index contributed by atoms with van der Waals surface area (Å²) < 4.78 is 11.0. The first-order valence-corrected chi connectivity index (χ1v) is 9.78. The summed E-state index contributed by atoms with van der Waals surface area (Å²) in [4.78, 5) is 14.8. The molecule has 144 valence electrons. The van der Waals surface area contributed by atoms with Gasteiger partial charge in [0.15, 0.2) is 0 Å². The molecule has 0 bridgehead atoms. The molecule has 2 fully saturated rings. The van der Waals surface area contributed by atoms with Gasteiger partial charge in [-0.05, 0) is 37.8 Å². The average molecular weight is 361 g/mol. The Labute approximate surface area is 156 Å². The Morgan fingerprint density at radius 3 is 2.77 bits per heavy atom. The topological polar surface area (TPSA) is 59.0 Å². The lowest BCUT2D eigenvalue weighted by atomic mass is 9.66. The Hall–Kier alpha value is -1.75. The predicted molar refractivity (Wildman–Crippen MR) is 100 cm³/mol. The van der Waals surface area contributed by atoms with Crippen molar-refractivity contribution in [2.24, 2.45) is 5.92 Å². The zero-order valence-electron chi connectivity index (χ0n) is 16.2. The lowest BCUT2D eigenvalue weighted by Gasteiger charge is -2.52. The quantitative estimate of drug-likeness (QED) is 0.869. The number of aliphatic hydroxyl groups is 1. The first kappa shape index (κ1) is 19.0. The SMILES string of the molecule is CCCC(=O)N1CC[C@]2(O)CCCC[C@@H]2[C@H]1c1ccc(OC)cc1OC. The summed E-state index contributed by atoms with van der Waals surface area (Å²) in [7, 11) is 3.28. The average Bonchev–Trinajstić information content (AvgIpc) is 2.66. The summed E-state index contributed by atoms with van der Waals surface area (Å²) in [6.45, 7) is 2.63. The fourth-order valence-corrected chi connectivity index (χ4v) is 4.77. The Morgan fingerprint density at radius 1 is 1.27 bits per heavy atom. The van der Waals surface area contributed by atoms with Gasteiger partial charge < -0.3 is 19.5 Å². The summed E-state index contributed by atoms with van der Waals surface area (Å²) in [5.74, 6) is 1.67. The molecule has 1 N–H and O–H groups in total. The minimum atomic E-state index is -0.684. The highest BCUT2D eigenvalue weighted by Gasteiger charge is 2.50. The van der Waals surface area contributed by atoms with Crippen molar-refractivity contribution >= 4 is 5.91 Å². The van der Waals surface area contributed by atoms with Crippen LogP contribution in [0.2, 0.25) is 0 Å². The van der Waals surface area contributed by atoms with Crippen molar-refractivity contribution in [1.29, 1.82) is 0 Å². The summed E-state index contributed by atoms with van der Waals surface area (Å²) in [6, 6.07) is 5.63. The van der Waals surface area contributed by atoms with E-state index in [1.807, 2.05) is 30.0 Å². The van der Waals surface area contributed by atoms with Gasteiger partial charge in [-0.1, -0.05) is 19.8 Å². The van der Waals surface area contributed by atoms with Crippen LogP contribution >= 0.6 is 0 Å². The number of carbonyl (C=O) groups excluding carboxylic acids is 1. The van der Waals surface area contributed by atoms with Crippen molar-refractivity contribution in [1.82, 2.24) is 4.90 Å². The molecule has 0 radical (unpaired) electrons. The van der Waals surface area contributed by atoms with E-state index in [2.05, 4.69) is 0 Å². The first-order valence-electron chi connectivity index (χ1n) is 9.78. The molecule has 26 heavy (non-hydrogen) atoms. The van der Waals surface area contributed by atoms with E-state index < -0.39 is 5.60 Å². The van der Waals surface area contributed by atoms with E-state index in [9.17, 15) is 9.90 Å². The van der Waals surface area contributed by atoms with E-state index >= 15 is 0 Å². The molecule has 1 amide bonds. The number of fused-ring (bicyclic) bond motifs is 1. The molecular formula is C21H31NO4. The van der Waals surface area contributed by atoms with Gasteiger partial charge in [0.05, 0.1) is 25.9 Å². The van der Waals surface area contributed by atoms with Crippen LogP contribution in [0.15, 0.2) is 18.2 Å². The molecule has 1 aliphatic heterocycles. The second-order valence-electron chi connectivity index (χ2n) is 7.60. The summed E-state index contributed by atoms with van der Waals surface area (Å²) in [6.07, 6.45) is 5.95. The molecule has 0 unspecified atom stereocenters. The highest BCUT2D eigenvalue weighted by atomic mass is 16.5. The third kappa shape index (κ3) is 3.41. The van der Waals surface area contributed by atoms with Crippen LogP contribution in [0.4, 0.5) is 0 Å². The maximum atomic E-state index is 12.9. The Bertz CT molecular complexity index is 647. The van der Waals surface area contributed by atoms with Crippen LogP contribution in [-0.2, 0) is 4.79 Å². The monoisotopic (exact) mass is 361 g/mol. The molecule has 1 saturated heterocycles. The molecule has 5 heteroatoms. The summed E-state index contributed by atoms with van der Waals surface area (Å²) in [5, 5.41) is 11.3. The van der Waals surface area contributed by atoms with Crippen molar-refractivity contribution in [3.05, 3.63) is 23.8 Å². The van der Waals surface area contributed by atoms with Crippen molar-refractivity contribution in [2.45, 2.75) is 63.5 Å². The van der Waals surface area contributed by atoms with Crippen molar-refractivity contribution in [3.8, 4) is 11.5 Å². The Morgan fingerprint density at radius 2 is 2.08 bits per heavy atom. The number of nitrogens with zero attached hydrogens (tertiary/aromatic N) is 1. The van der Waals surface area contributed by atoms with E-state index in [1.165, 1.54) is 0 Å². The fraction of sp³-hybridized carbons (Fsp3) is 0.667. The number of likely N-dealkylation sites (tertiary alicyclic amines) is 1.